The van der Waals surface area contributed by atoms with Crippen LogP contribution in [0.15, 0.2) is 22.6 Å². The fourth-order valence-electron chi connectivity index (χ4n) is 2.49. The summed E-state index contributed by atoms with van der Waals surface area (Å²) in [6.07, 6.45) is 0.251. The zero-order valence-corrected chi connectivity index (χ0v) is 11.8. The lowest BCUT2D eigenvalue weighted by atomic mass is 9.96. The zero-order chi connectivity index (χ0) is 14.9. The molecule has 3 nitrogen and oxygen atoms in total. The second-order valence-corrected chi connectivity index (χ2v) is 4.91. The molecule has 1 aromatic carbocycles. The SMILES string of the molecule is Cc1oc(C)c(C(Cc2cc(F)ccc2F)NN)c1C. The molecule has 0 saturated carbocycles. The molecule has 1 heterocycles. The molecule has 5 heteroatoms. The number of nitrogens with two attached hydrogens (primary N) is 1. The highest BCUT2D eigenvalue weighted by atomic mass is 19.1. The maximum absolute atomic E-state index is 13.7. The Morgan fingerprint density at radius 3 is 2.45 bits per heavy atom. The molecule has 0 aliphatic heterocycles. The van der Waals surface area contributed by atoms with Gasteiger partial charge in [0.25, 0.3) is 0 Å². The maximum Gasteiger partial charge on any atom is 0.126 e. The van der Waals surface area contributed by atoms with Gasteiger partial charge in [0.05, 0.1) is 6.04 Å². The number of benzene rings is 1. The average Bonchev–Trinajstić information content (AvgIpc) is 2.65. The lowest BCUT2D eigenvalue weighted by Gasteiger charge is -2.17. The molecule has 0 aliphatic carbocycles. The summed E-state index contributed by atoms with van der Waals surface area (Å²) in [6, 6.07) is 3.08. The Bertz CT molecular complexity index is 623. The zero-order valence-electron chi connectivity index (χ0n) is 11.8. The van der Waals surface area contributed by atoms with Gasteiger partial charge in [-0.1, -0.05) is 0 Å². The molecule has 0 spiro atoms. The van der Waals surface area contributed by atoms with Crippen LogP contribution in [0.3, 0.4) is 0 Å². The van der Waals surface area contributed by atoms with Crippen molar-refractivity contribution in [1.29, 1.82) is 0 Å². The van der Waals surface area contributed by atoms with E-state index in [2.05, 4.69) is 5.43 Å². The van der Waals surface area contributed by atoms with Gasteiger partial charge in [0, 0.05) is 5.56 Å². The van der Waals surface area contributed by atoms with E-state index >= 15 is 0 Å². The first-order valence-electron chi connectivity index (χ1n) is 6.40. The highest BCUT2D eigenvalue weighted by Gasteiger charge is 2.21. The lowest BCUT2D eigenvalue weighted by Crippen LogP contribution is -2.30. The van der Waals surface area contributed by atoms with Crippen molar-refractivity contribution in [2.45, 2.75) is 33.2 Å². The maximum atomic E-state index is 13.7. The van der Waals surface area contributed by atoms with Gasteiger partial charge in [-0.3, -0.25) is 11.3 Å². The van der Waals surface area contributed by atoms with Crippen molar-refractivity contribution in [1.82, 2.24) is 5.43 Å². The summed E-state index contributed by atoms with van der Waals surface area (Å²) >= 11 is 0. The standard InChI is InChI=1S/C15H18F2N2O/c1-8-9(2)20-10(3)15(8)14(19-18)7-11-6-12(16)4-5-13(11)17/h4-6,14,19H,7,18H2,1-3H3. The molecule has 0 amide bonds. The Balaban J connectivity index is 2.36. The number of hydrogen-bond acceptors (Lipinski definition) is 3. The number of aryl methyl sites for hydroxylation is 2. The minimum atomic E-state index is -0.464. The van der Waals surface area contributed by atoms with Gasteiger partial charge in [-0.2, -0.15) is 0 Å². The van der Waals surface area contributed by atoms with Crippen molar-refractivity contribution in [2.75, 3.05) is 0 Å². The summed E-state index contributed by atoms with van der Waals surface area (Å²) in [6.45, 7) is 5.62. The van der Waals surface area contributed by atoms with Gasteiger partial charge in [0.2, 0.25) is 0 Å². The average molecular weight is 280 g/mol. The molecule has 0 aliphatic rings. The molecular formula is C15H18F2N2O. The van der Waals surface area contributed by atoms with Crippen LogP contribution >= 0.6 is 0 Å². The van der Waals surface area contributed by atoms with Crippen LogP contribution < -0.4 is 11.3 Å². The number of furan rings is 1. The van der Waals surface area contributed by atoms with Gasteiger partial charge in [0.1, 0.15) is 23.2 Å². The molecule has 0 saturated heterocycles. The largest absolute Gasteiger partial charge is 0.466 e. The van der Waals surface area contributed by atoms with Crippen LogP contribution in [0.1, 0.15) is 34.3 Å². The fourth-order valence-corrected chi connectivity index (χ4v) is 2.49. The van der Waals surface area contributed by atoms with E-state index in [0.29, 0.717) is 0 Å². The molecule has 1 unspecified atom stereocenters. The first kappa shape index (κ1) is 14.7. The van der Waals surface area contributed by atoms with Gasteiger partial charge in [-0.05, 0) is 56.5 Å². The third-order valence-corrected chi connectivity index (χ3v) is 3.60. The quantitative estimate of drug-likeness (QED) is 0.668. The van der Waals surface area contributed by atoms with Gasteiger partial charge in [-0.25, -0.2) is 8.78 Å². The molecule has 0 bridgehead atoms. The van der Waals surface area contributed by atoms with Crippen LogP contribution in [0.4, 0.5) is 8.78 Å². The third-order valence-electron chi connectivity index (χ3n) is 3.60. The monoisotopic (exact) mass is 280 g/mol. The van der Waals surface area contributed by atoms with Gasteiger partial charge >= 0.3 is 0 Å². The van der Waals surface area contributed by atoms with Crippen LogP contribution in [-0.4, -0.2) is 0 Å². The van der Waals surface area contributed by atoms with Crippen LogP contribution in [0.2, 0.25) is 0 Å². The molecule has 0 fully saturated rings. The second-order valence-electron chi connectivity index (χ2n) is 4.91. The van der Waals surface area contributed by atoms with E-state index in [1.54, 1.807) is 0 Å². The first-order chi connectivity index (χ1) is 9.43. The highest BCUT2D eigenvalue weighted by molar-refractivity contribution is 5.35. The van der Waals surface area contributed by atoms with E-state index in [9.17, 15) is 8.78 Å². The molecule has 2 rings (SSSR count). The molecule has 108 valence electrons. The molecule has 1 atom stereocenters. The van der Waals surface area contributed by atoms with Gasteiger partial charge < -0.3 is 4.42 Å². The highest BCUT2D eigenvalue weighted by Crippen LogP contribution is 2.29. The minimum Gasteiger partial charge on any atom is -0.466 e. The number of hydrazine groups is 1. The molecule has 20 heavy (non-hydrogen) atoms. The Hall–Kier alpha value is -1.72. The van der Waals surface area contributed by atoms with E-state index in [4.69, 9.17) is 10.3 Å². The lowest BCUT2D eigenvalue weighted by molar-refractivity contribution is 0.480. The third kappa shape index (κ3) is 2.73. The number of hydrogen-bond donors (Lipinski definition) is 2. The predicted octanol–water partition coefficient (Wildman–Crippen LogP) is 3.23. The normalized spacial score (nSPS) is 12.7. The van der Waals surface area contributed by atoms with Crippen LogP contribution in [0.5, 0.6) is 0 Å². The second kappa shape index (κ2) is 5.73. The summed E-state index contributed by atoms with van der Waals surface area (Å²) in [5.74, 6) is 6.21. The van der Waals surface area contributed by atoms with Crippen molar-refractivity contribution < 1.29 is 13.2 Å². The molecular weight excluding hydrogens is 262 g/mol. The topological polar surface area (TPSA) is 51.2 Å². The molecule has 0 radical (unpaired) electrons. The summed E-state index contributed by atoms with van der Waals surface area (Å²) in [5.41, 5.74) is 4.81. The Morgan fingerprint density at radius 1 is 1.20 bits per heavy atom. The first-order valence-corrected chi connectivity index (χ1v) is 6.40. The Kier molecular flexibility index (Phi) is 4.20. The van der Waals surface area contributed by atoms with Crippen LogP contribution in [0.25, 0.3) is 0 Å². The van der Waals surface area contributed by atoms with Crippen molar-refractivity contribution in [3.63, 3.8) is 0 Å². The molecule has 1 aromatic heterocycles. The number of rotatable bonds is 4. The van der Waals surface area contributed by atoms with E-state index in [1.165, 1.54) is 6.07 Å². The van der Waals surface area contributed by atoms with Gasteiger partial charge in [-0.15, -0.1) is 0 Å². The van der Waals surface area contributed by atoms with E-state index < -0.39 is 11.6 Å². The summed E-state index contributed by atoms with van der Waals surface area (Å²) < 4.78 is 32.5. The fraction of sp³-hybridized carbons (Fsp3) is 0.333. The van der Waals surface area contributed by atoms with Crippen molar-refractivity contribution >= 4 is 0 Å². The number of nitrogens with one attached hydrogen (secondary N) is 1. The summed E-state index contributed by atoms with van der Waals surface area (Å²) in [7, 11) is 0. The van der Waals surface area contributed by atoms with Crippen LogP contribution in [0, 0.1) is 32.4 Å². The molecule has 3 N–H and O–H groups in total. The minimum absolute atomic E-state index is 0.251. The summed E-state index contributed by atoms with van der Waals surface area (Å²) in [5, 5.41) is 0. The number of halogens is 2. The van der Waals surface area contributed by atoms with E-state index in [1.807, 2.05) is 20.8 Å². The van der Waals surface area contributed by atoms with Crippen molar-refractivity contribution in [3.8, 4) is 0 Å². The predicted molar refractivity (Wildman–Crippen MR) is 73.0 cm³/mol. The van der Waals surface area contributed by atoms with Gasteiger partial charge in [0.15, 0.2) is 0 Å². The Labute approximate surface area is 116 Å². The summed E-state index contributed by atoms with van der Waals surface area (Å²) in [4.78, 5) is 0. The van der Waals surface area contributed by atoms with E-state index in [0.717, 1.165) is 34.8 Å². The van der Waals surface area contributed by atoms with Crippen LogP contribution in [-0.2, 0) is 6.42 Å². The van der Waals surface area contributed by atoms with E-state index in [-0.39, 0.29) is 18.0 Å². The van der Waals surface area contributed by atoms with Crippen molar-refractivity contribution in [2.24, 2.45) is 5.84 Å². The van der Waals surface area contributed by atoms with Crippen molar-refractivity contribution in [3.05, 3.63) is 58.0 Å². The Morgan fingerprint density at radius 2 is 1.90 bits per heavy atom. The molecule has 2 aromatic rings. The smallest absolute Gasteiger partial charge is 0.126 e.